The number of ether oxygens (including phenoxy) is 2. The Hall–Kier alpha value is 0.230. The minimum atomic E-state index is -0.359. The first-order valence-electron chi connectivity index (χ1n) is 4.37. The van der Waals surface area contributed by atoms with Gasteiger partial charge in [0.05, 0.1) is 13.2 Å². The molecule has 4 heteroatoms. The standard InChI is InChI=1S/C8H19NO2S/c1-3-6-10-8(12)11-7-4-5-9-2/h8-9,12H,3-7H2,1-2H3. The van der Waals surface area contributed by atoms with Gasteiger partial charge in [-0.1, -0.05) is 6.92 Å². The molecule has 0 rings (SSSR count). The highest BCUT2D eigenvalue weighted by atomic mass is 32.1. The summed E-state index contributed by atoms with van der Waals surface area (Å²) in [7, 11) is 1.92. The zero-order valence-corrected chi connectivity index (χ0v) is 8.77. The number of hydrogen-bond acceptors (Lipinski definition) is 4. The van der Waals surface area contributed by atoms with Crippen LogP contribution in [0.3, 0.4) is 0 Å². The van der Waals surface area contributed by atoms with Crippen LogP contribution in [0.25, 0.3) is 0 Å². The van der Waals surface area contributed by atoms with E-state index in [1.165, 1.54) is 0 Å². The molecular formula is C8H19NO2S. The minimum Gasteiger partial charge on any atom is -0.344 e. The molecule has 0 spiro atoms. The van der Waals surface area contributed by atoms with Crippen LogP contribution in [0.5, 0.6) is 0 Å². The first kappa shape index (κ1) is 12.2. The highest BCUT2D eigenvalue weighted by Crippen LogP contribution is 2.00. The van der Waals surface area contributed by atoms with Crippen LogP contribution in [0.2, 0.25) is 0 Å². The third-order valence-corrected chi connectivity index (χ3v) is 1.59. The first-order chi connectivity index (χ1) is 5.81. The second-order valence-electron chi connectivity index (χ2n) is 2.51. The normalized spacial score (nSPS) is 13.2. The van der Waals surface area contributed by atoms with E-state index in [1.54, 1.807) is 0 Å². The van der Waals surface area contributed by atoms with Gasteiger partial charge in [-0.2, -0.15) is 0 Å². The molecule has 0 amide bonds. The topological polar surface area (TPSA) is 30.5 Å². The van der Waals surface area contributed by atoms with Crippen molar-refractivity contribution < 1.29 is 9.47 Å². The molecule has 1 unspecified atom stereocenters. The minimum absolute atomic E-state index is 0.359. The summed E-state index contributed by atoms with van der Waals surface area (Å²) < 4.78 is 10.4. The average molecular weight is 193 g/mol. The molecule has 0 aromatic carbocycles. The molecule has 0 aromatic rings. The monoisotopic (exact) mass is 193 g/mol. The van der Waals surface area contributed by atoms with Gasteiger partial charge < -0.3 is 14.8 Å². The molecule has 0 bridgehead atoms. The van der Waals surface area contributed by atoms with E-state index in [4.69, 9.17) is 9.47 Å². The molecule has 0 aliphatic rings. The highest BCUT2D eigenvalue weighted by molar-refractivity contribution is 7.80. The summed E-state index contributed by atoms with van der Waals surface area (Å²) in [4.78, 5) is 0. The summed E-state index contributed by atoms with van der Waals surface area (Å²) in [5.41, 5.74) is -0.359. The molecule has 0 heterocycles. The molecular weight excluding hydrogens is 174 g/mol. The lowest BCUT2D eigenvalue weighted by molar-refractivity contribution is -0.0808. The molecule has 3 nitrogen and oxygen atoms in total. The molecule has 0 aliphatic heterocycles. The molecule has 0 radical (unpaired) electrons. The molecule has 0 saturated carbocycles. The van der Waals surface area contributed by atoms with Crippen LogP contribution >= 0.6 is 12.6 Å². The van der Waals surface area contributed by atoms with Crippen LogP contribution in [0.15, 0.2) is 0 Å². The second-order valence-corrected chi connectivity index (χ2v) is 2.93. The molecule has 0 fully saturated rings. The largest absolute Gasteiger partial charge is 0.344 e. The maximum Gasteiger partial charge on any atom is 0.204 e. The SMILES string of the molecule is CCCOC(S)OCCCNC. The fourth-order valence-electron chi connectivity index (χ4n) is 0.700. The van der Waals surface area contributed by atoms with Crippen molar-refractivity contribution >= 4 is 12.6 Å². The zero-order valence-electron chi connectivity index (χ0n) is 7.88. The van der Waals surface area contributed by atoms with Crippen molar-refractivity contribution in [3.63, 3.8) is 0 Å². The number of thiol groups is 1. The zero-order chi connectivity index (χ0) is 9.23. The Bertz CT molecular complexity index is 93.1. The highest BCUT2D eigenvalue weighted by Gasteiger charge is 2.00. The van der Waals surface area contributed by atoms with E-state index in [1.807, 2.05) is 7.05 Å². The Morgan fingerprint density at radius 1 is 1.33 bits per heavy atom. The Kier molecular flexibility index (Phi) is 9.50. The van der Waals surface area contributed by atoms with Crippen molar-refractivity contribution in [1.82, 2.24) is 5.32 Å². The van der Waals surface area contributed by atoms with Gasteiger partial charge in [-0.3, -0.25) is 0 Å². The van der Waals surface area contributed by atoms with Crippen molar-refractivity contribution in [2.45, 2.75) is 25.4 Å². The van der Waals surface area contributed by atoms with Crippen LogP contribution in [0.1, 0.15) is 19.8 Å². The van der Waals surface area contributed by atoms with Crippen LogP contribution < -0.4 is 5.32 Å². The van der Waals surface area contributed by atoms with Gasteiger partial charge >= 0.3 is 0 Å². The Labute approximate surface area is 80.2 Å². The van der Waals surface area contributed by atoms with Gasteiger partial charge in [0.15, 0.2) is 0 Å². The summed E-state index contributed by atoms with van der Waals surface area (Å²) >= 11 is 4.10. The third-order valence-electron chi connectivity index (χ3n) is 1.30. The molecule has 0 saturated heterocycles. The third kappa shape index (κ3) is 8.33. The van der Waals surface area contributed by atoms with Crippen LogP contribution in [-0.2, 0) is 9.47 Å². The van der Waals surface area contributed by atoms with E-state index < -0.39 is 0 Å². The van der Waals surface area contributed by atoms with E-state index in [0.717, 1.165) is 19.4 Å². The Balaban J connectivity index is 3.02. The maximum absolute atomic E-state index is 5.25. The van der Waals surface area contributed by atoms with Crippen molar-refractivity contribution in [1.29, 1.82) is 0 Å². The van der Waals surface area contributed by atoms with E-state index >= 15 is 0 Å². The van der Waals surface area contributed by atoms with Crippen molar-refractivity contribution in [3.8, 4) is 0 Å². The van der Waals surface area contributed by atoms with Crippen molar-refractivity contribution in [2.75, 3.05) is 26.8 Å². The quantitative estimate of drug-likeness (QED) is 0.345. The number of rotatable bonds is 8. The summed E-state index contributed by atoms with van der Waals surface area (Å²) in [6.45, 7) is 4.43. The number of nitrogens with one attached hydrogen (secondary N) is 1. The van der Waals surface area contributed by atoms with Crippen LogP contribution in [0, 0.1) is 0 Å². The first-order valence-corrected chi connectivity index (χ1v) is 4.88. The molecule has 1 atom stereocenters. The molecule has 0 aliphatic carbocycles. The van der Waals surface area contributed by atoms with Gasteiger partial charge in [0, 0.05) is 0 Å². The summed E-state index contributed by atoms with van der Waals surface area (Å²) in [6.07, 6.45) is 1.99. The predicted molar refractivity (Wildman–Crippen MR) is 53.5 cm³/mol. The van der Waals surface area contributed by atoms with Gasteiger partial charge in [0.1, 0.15) is 0 Å². The van der Waals surface area contributed by atoms with Crippen LogP contribution in [-0.4, -0.2) is 32.4 Å². The maximum atomic E-state index is 5.25. The molecule has 0 aromatic heterocycles. The molecule has 74 valence electrons. The van der Waals surface area contributed by atoms with Gasteiger partial charge in [0.2, 0.25) is 5.62 Å². The van der Waals surface area contributed by atoms with Gasteiger partial charge in [0.25, 0.3) is 0 Å². The number of hydrogen-bond donors (Lipinski definition) is 2. The van der Waals surface area contributed by atoms with Crippen molar-refractivity contribution in [2.24, 2.45) is 0 Å². The Morgan fingerprint density at radius 3 is 2.58 bits per heavy atom. The van der Waals surface area contributed by atoms with E-state index in [9.17, 15) is 0 Å². The predicted octanol–water partition coefficient (Wildman–Crippen LogP) is 1.25. The van der Waals surface area contributed by atoms with Crippen LogP contribution in [0.4, 0.5) is 0 Å². The van der Waals surface area contributed by atoms with E-state index in [0.29, 0.717) is 13.2 Å². The lowest BCUT2D eigenvalue weighted by atomic mass is 10.5. The average Bonchev–Trinajstić information content (AvgIpc) is 2.09. The summed E-state index contributed by atoms with van der Waals surface area (Å²) in [6, 6.07) is 0. The van der Waals surface area contributed by atoms with E-state index in [2.05, 4.69) is 24.9 Å². The fourth-order valence-corrected chi connectivity index (χ4v) is 0.911. The summed E-state index contributed by atoms with van der Waals surface area (Å²) in [5, 5.41) is 3.04. The molecule has 12 heavy (non-hydrogen) atoms. The fraction of sp³-hybridized carbons (Fsp3) is 1.00. The Morgan fingerprint density at radius 2 is 2.00 bits per heavy atom. The van der Waals surface area contributed by atoms with E-state index in [-0.39, 0.29) is 5.62 Å². The smallest absolute Gasteiger partial charge is 0.204 e. The lowest BCUT2D eigenvalue weighted by Gasteiger charge is -2.12. The van der Waals surface area contributed by atoms with Gasteiger partial charge in [-0.25, -0.2) is 0 Å². The van der Waals surface area contributed by atoms with Crippen molar-refractivity contribution in [3.05, 3.63) is 0 Å². The van der Waals surface area contributed by atoms with Gasteiger partial charge in [-0.15, -0.1) is 12.6 Å². The second kappa shape index (κ2) is 9.32. The van der Waals surface area contributed by atoms with Gasteiger partial charge in [-0.05, 0) is 26.4 Å². The summed E-state index contributed by atoms with van der Waals surface area (Å²) in [5.74, 6) is 0. The lowest BCUT2D eigenvalue weighted by Crippen LogP contribution is -2.15. The molecule has 1 N–H and O–H groups in total.